The van der Waals surface area contributed by atoms with E-state index in [1.165, 1.54) is 12.1 Å². The summed E-state index contributed by atoms with van der Waals surface area (Å²) in [7, 11) is 0. The van der Waals surface area contributed by atoms with Gasteiger partial charge in [-0.15, -0.1) is 0 Å². The van der Waals surface area contributed by atoms with Gasteiger partial charge in [-0.05, 0) is 34.9 Å². The van der Waals surface area contributed by atoms with E-state index in [-0.39, 0.29) is 17.8 Å². The number of fused-ring (bicyclic) bond motifs is 1. The van der Waals surface area contributed by atoms with Crippen LogP contribution in [-0.4, -0.2) is 23.4 Å². The Bertz CT molecular complexity index is 1060. The fourth-order valence-corrected chi connectivity index (χ4v) is 2.88. The van der Waals surface area contributed by atoms with E-state index in [4.69, 9.17) is 4.74 Å². The lowest BCUT2D eigenvalue weighted by atomic mass is 10.0. The summed E-state index contributed by atoms with van der Waals surface area (Å²) < 4.78 is 5.03. The molecule has 142 valence electrons. The van der Waals surface area contributed by atoms with E-state index in [0.29, 0.717) is 5.56 Å². The third kappa shape index (κ3) is 4.50. The number of rotatable bonds is 6. The highest BCUT2D eigenvalue weighted by Gasteiger charge is 2.17. The van der Waals surface area contributed by atoms with Crippen LogP contribution in [0.3, 0.4) is 0 Å². The normalized spacial score (nSPS) is 10.5. The van der Waals surface area contributed by atoms with E-state index < -0.39 is 23.4 Å². The van der Waals surface area contributed by atoms with Crippen molar-refractivity contribution < 1.29 is 19.2 Å². The smallest absolute Gasteiger partial charge is 0.310 e. The van der Waals surface area contributed by atoms with Crippen molar-refractivity contribution in [3.8, 4) is 0 Å². The molecule has 3 rings (SSSR count). The maximum absolute atomic E-state index is 12.1. The number of nitro groups is 1. The number of aryl methyl sites for hydroxylation is 1. The Kier molecular flexibility index (Phi) is 5.64. The summed E-state index contributed by atoms with van der Waals surface area (Å²) >= 11 is 0. The van der Waals surface area contributed by atoms with Crippen molar-refractivity contribution in [2.75, 3.05) is 11.9 Å². The summed E-state index contributed by atoms with van der Waals surface area (Å²) in [6.07, 6.45) is 0.0271. The Balaban J connectivity index is 1.60. The van der Waals surface area contributed by atoms with E-state index >= 15 is 0 Å². The summed E-state index contributed by atoms with van der Waals surface area (Å²) in [6, 6.07) is 17.8. The van der Waals surface area contributed by atoms with Gasteiger partial charge in [-0.3, -0.25) is 19.7 Å². The SMILES string of the molecule is Cc1ccc(NC(=O)COC(=O)Cc2cccc3ccccc23)c([N+](=O)[O-])c1. The maximum atomic E-state index is 12.1. The van der Waals surface area contributed by atoms with Crippen LogP contribution in [0.4, 0.5) is 11.4 Å². The summed E-state index contributed by atoms with van der Waals surface area (Å²) in [4.78, 5) is 34.7. The number of hydrogen-bond acceptors (Lipinski definition) is 5. The lowest BCUT2D eigenvalue weighted by Gasteiger charge is -2.09. The maximum Gasteiger partial charge on any atom is 0.310 e. The van der Waals surface area contributed by atoms with Gasteiger partial charge in [0, 0.05) is 6.07 Å². The molecule has 0 saturated heterocycles. The summed E-state index contributed by atoms with van der Waals surface area (Å²) in [5.74, 6) is -1.19. The fraction of sp³-hybridized carbons (Fsp3) is 0.143. The molecule has 0 aliphatic carbocycles. The molecule has 1 N–H and O–H groups in total. The zero-order chi connectivity index (χ0) is 20.1. The number of esters is 1. The molecule has 0 saturated carbocycles. The minimum Gasteiger partial charge on any atom is -0.455 e. The highest BCUT2D eigenvalue weighted by Crippen LogP contribution is 2.25. The Morgan fingerprint density at radius 3 is 2.61 bits per heavy atom. The topological polar surface area (TPSA) is 98.5 Å². The molecule has 0 radical (unpaired) electrons. The molecule has 3 aromatic carbocycles. The predicted molar refractivity (Wildman–Crippen MR) is 105 cm³/mol. The van der Waals surface area contributed by atoms with Crippen molar-refractivity contribution in [2.24, 2.45) is 0 Å². The van der Waals surface area contributed by atoms with Gasteiger partial charge < -0.3 is 10.1 Å². The molecule has 0 fully saturated rings. The molecule has 0 heterocycles. The van der Waals surface area contributed by atoms with E-state index in [1.807, 2.05) is 42.5 Å². The largest absolute Gasteiger partial charge is 0.455 e. The Hall–Kier alpha value is -3.74. The first-order valence-electron chi connectivity index (χ1n) is 8.61. The molecule has 0 aliphatic heterocycles. The van der Waals surface area contributed by atoms with Crippen molar-refractivity contribution in [3.63, 3.8) is 0 Å². The number of amides is 1. The monoisotopic (exact) mass is 378 g/mol. The average molecular weight is 378 g/mol. The van der Waals surface area contributed by atoms with Crippen LogP contribution >= 0.6 is 0 Å². The van der Waals surface area contributed by atoms with Gasteiger partial charge in [-0.1, -0.05) is 48.5 Å². The molecule has 3 aromatic rings. The second-order valence-electron chi connectivity index (χ2n) is 6.30. The minimum atomic E-state index is -0.641. The molecule has 7 heteroatoms. The van der Waals surface area contributed by atoms with Crippen LogP contribution in [-0.2, 0) is 20.7 Å². The van der Waals surface area contributed by atoms with Crippen molar-refractivity contribution in [2.45, 2.75) is 13.3 Å². The Morgan fingerprint density at radius 2 is 1.82 bits per heavy atom. The summed E-state index contributed by atoms with van der Waals surface area (Å²) in [6.45, 7) is 1.20. The van der Waals surface area contributed by atoms with E-state index in [2.05, 4.69) is 5.32 Å². The molecular formula is C21H18N2O5. The first-order valence-corrected chi connectivity index (χ1v) is 8.61. The van der Waals surface area contributed by atoms with Crippen molar-refractivity contribution >= 4 is 34.0 Å². The van der Waals surface area contributed by atoms with E-state index in [1.54, 1.807) is 13.0 Å². The van der Waals surface area contributed by atoms with Crippen molar-refractivity contribution in [1.82, 2.24) is 0 Å². The van der Waals surface area contributed by atoms with E-state index in [9.17, 15) is 19.7 Å². The zero-order valence-electron chi connectivity index (χ0n) is 15.2. The quantitative estimate of drug-likeness (QED) is 0.400. The third-order valence-corrected chi connectivity index (χ3v) is 4.20. The van der Waals surface area contributed by atoms with Crippen LogP contribution in [0.25, 0.3) is 10.8 Å². The highest BCUT2D eigenvalue weighted by molar-refractivity contribution is 5.95. The van der Waals surface area contributed by atoms with Gasteiger partial charge in [-0.25, -0.2) is 0 Å². The number of hydrogen-bond donors (Lipinski definition) is 1. The van der Waals surface area contributed by atoms with Gasteiger partial charge in [0.2, 0.25) is 0 Å². The summed E-state index contributed by atoms with van der Waals surface area (Å²) in [5.41, 5.74) is 1.35. The number of nitrogens with zero attached hydrogens (tertiary/aromatic N) is 1. The van der Waals surface area contributed by atoms with Gasteiger partial charge in [0.05, 0.1) is 11.3 Å². The van der Waals surface area contributed by atoms with Crippen molar-refractivity contribution in [1.29, 1.82) is 0 Å². The number of carbonyl (C=O) groups is 2. The van der Waals surface area contributed by atoms with Crippen molar-refractivity contribution in [3.05, 3.63) is 81.9 Å². The van der Waals surface area contributed by atoms with Gasteiger partial charge in [-0.2, -0.15) is 0 Å². The molecular weight excluding hydrogens is 360 g/mol. The second-order valence-corrected chi connectivity index (χ2v) is 6.30. The number of anilines is 1. The number of carbonyl (C=O) groups excluding carboxylic acids is 2. The standard InChI is InChI=1S/C21H18N2O5/c1-14-9-10-18(19(11-14)23(26)27)22-20(24)13-28-21(25)12-16-7-4-6-15-5-2-3-8-17(15)16/h2-11H,12-13H2,1H3,(H,22,24). The van der Waals surface area contributed by atoms with Crippen LogP contribution in [0.2, 0.25) is 0 Å². The minimum absolute atomic E-state index is 0.0271. The molecule has 7 nitrogen and oxygen atoms in total. The molecule has 0 atom stereocenters. The van der Waals surface area contributed by atoms with Crippen LogP contribution in [0.15, 0.2) is 60.7 Å². The third-order valence-electron chi connectivity index (χ3n) is 4.20. The molecule has 0 spiro atoms. The first kappa shape index (κ1) is 19.0. The predicted octanol–water partition coefficient (Wildman–Crippen LogP) is 3.78. The van der Waals surface area contributed by atoms with Gasteiger partial charge in [0.1, 0.15) is 5.69 Å². The lowest BCUT2D eigenvalue weighted by Crippen LogP contribution is -2.22. The Labute approximate surface area is 161 Å². The fourth-order valence-electron chi connectivity index (χ4n) is 2.88. The second kappa shape index (κ2) is 8.30. The van der Waals surface area contributed by atoms with Gasteiger partial charge >= 0.3 is 5.97 Å². The Morgan fingerprint density at radius 1 is 1.07 bits per heavy atom. The number of nitro benzene ring substituents is 1. The van der Waals surface area contributed by atoms with Gasteiger partial charge in [0.15, 0.2) is 6.61 Å². The molecule has 0 aromatic heterocycles. The van der Waals surface area contributed by atoms with Crippen LogP contribution in [0.5, 0.6) is 0 Å². The number of benzene rings is 3. The average Bonchev–Trinajstić information content (AvgIpc) is 2.68. The molecule has 0 aliphatic rings. The summed E-state index contributed by atoms with van der Waals surface area (Å²) in [5, 5.41) is 15.5. The highest BCUT2D eigenvalue weighted by atomic mass is 16.6. The molecule has 0 unspecified atom stereocenters. The van der Waals surface area contributed by atoms with Crippen LogP contribution in [0, 0.1) is 17.0 Å². The van der Waals surface area contributed by atoms with Crippen LogP contribution in [0.1, 0.15) is 11.1 Å². The molecule has 28 heavy (non-hydrogen) atoms. The van der Waals surface area contributed by atoms with Crippen LogP contribution < -0.4 is 5.32 Å². The first-order chi connectivity index (χ1) is 13.4. The molecule has 1 amide bonds. The van der Waals surface area contributed by atoms with E-state index in [0.717, 1.165) is 16.3 Å². The van der Waals surface area contributed by atoms with Gasteiger partial charge in [0.25, 0.3) is 11.6 Å². The number of ether oxygens (including phenoxy) is 1. The lowest BCUT2D eigenvalue weighted by molar-refractivity contribution is -0.384. The number of nitrogens with one attached hydrogen (secondary N) is 1. The zero-order valence-corrected chi connectivity index (χ0v) is 15.2. The molecule has 0 bridgehead atoms.